The van der Waals surface area contributed by atoms with Crippen molar-refractivity contribution >= 4 is 37.8 Å². The van der Waals surface area contributed by atoms with E-state index in [2.05, 4.69) is 43.7 Å². The molecule has 1 aliphatic heterocycles. The van der Waals surface area contributed by atoms with E-state index < -0.39 is 6.29 Å². The first-order valence-electron chi connectivity index (χ1n) is 5.16. The SMILES string of the molecule is C=NC1=NC(N=CCCCC=N)N=C(N=C)N1. The fourth-order valence-corrected chi connectivity index (χ4v) is 1.12. The van der Waals surface area contributed by atoms with Crippen molar-refractivity contribution in [1.82, 2.24) is 5.32 Å². The summed E-state index contributed by atoms with van der Waals surface area (Å²) in [6.45, 7) is 6.74. The van der Waals surface area contributed by atoms with Crippen LogP contribution in [0.1, 0.15) is 19.3 Å². The fraction of sp³-hybridized carbons (Fsp3) is 0.400. The molecule has 0 aromatic heterocycles. The number of guanidine groups is 2. The molecule has 0 spiro atoms. The predicted molar refractivity (Wildman–Crippen MR) is 72.0 cm³/mol. The molecule has 1 heterocycles. The van der Waals surface area contributed by atoms with Crippen molar-refractivity contribution in [3.05, 3.63) is 0 Å². The first kappa shape index (κ1) is 12.9. The summed E-state index contributed by atoms with van der Waals surface area (Å²) >= 11 is 0. The van der Waals surface area contributed by atoms with Gasteiger partial charge in [-0.15, -0.1) is 0 Å². The van der Waals surface area contributed by atoms with E-state index in [1.54, 1.807) is 6.21 Å². The molecule has 0 unspecified atom stereocenters. The summed E-state index contributed by atoms with van der Waals surface area (Å²) in [5.74, 6) is 0.674. The largest absolute Gasteiger partial charge is 0.313 e. The first-order valence-corrected chi connectivity index (χ1v) is 5.16. The van der Waals surface area contributed by atoms with Gasteiger partial charge in [0.1, 0.15) is 0 Å². The zero-order valence-electron chi connectivity index (χ0n) is 9.50. The van der Waals surface area contributed by atoms with E-state index in [9.17, 15) is 0 Å². The van der Waals surface area contributed by atoms with Crippen molar-refractivity contribution < 1.29 is 0 Å². The Hall–Kier alpha value is -2.18. The molecule has 0 saturated heterocycles. The van der Waals surface area contributed by atoms with Crippen LogP contribution in [0.5, 0.6) is 0 Å². The molecule has 0 aromatic rings. The maximum atomic E-state index is 6.88. The van der Waals surface area contributed by atoms with E-state index >= 15 is 0 Å². The molecular weight excluding hydrogens is 218 g/mol. The van der Waals surface area contributed by atoms with Gasteiger partial charge in [-0.3, -0.25) is 5.32 Å². The third kappa shape index (κ3) is 4.45. The molecule has 0 atom stereocenters. The quantitative estimate of drug-likeness (QED) is 0.534. The summed E-state index contributed by atoms with van der Waals surface area (Å²) in [6.07, 6.45) is 4.99. The molecule has 1 aliphatic rings. The van der Waals surface area contributed by atoms with Crippen LogP contribution >= 0.6 is 0 Å². The lowest BCUT2D eigenvalue weighted by molar-refractivity contribution is 0.730. The molecule has 7 heteroatoms. The van der Waals surface area contributed by atoms with Gasteiger partial charge in [0.05, 0.1) is 0 Å². The number of nitrogens with one attached hydrogen (secondary N) is 2. The monoisotopic (exact) mass is 233 g/mol. The second-order valence-electron chi connectivity index (χ2n) is 3.16. The van der Waals surface area contributed by atoms with Crippen molar-refractivity contribution in [1.29, 1.82) is 5.41 Å². The number of hydrogen-bond acceptors (Lipinski definition) is 7. The van der Waals surface area contributed by atoms with Crippen LogP contribution in [0.2, 0.25) is 0 Å². The third-order valence-corrected chi connectivity index (χ3v) is 1.92. The van der Waals surface area contributed by atoms with Crippen LogP contribution < -0.4 is 5.32 Å². The molecule has 2 N–H and O–H groups in total. The van der Waals surface area contributed by atoms with E-state index in [-0.39, 0.29) is 0 Å². The molecule has 0 aromatic carbocycles. The average molecular weight is 233 g/mol. The molecule has 0 radical (unpaired) electrons. The topological polar surface area (TPSA) is 97.7 Å². The van der Waals surface area contributed by atoms with Crippen LogP contribution in [-0.2, 0) is 0 Å². The summed E-state index contributed by atoms with van der Waals surface area (Å²) < 4.78 is 0. The van der Waals surface area contributed by atoms with Crippen molar-refractivity contribution in [2.45, 2.75) is 25.6 Å². The highest BCUT2D eigenvalue weighted by atomic mass is 15.3. The Bertz CT molecular complexity index is 356. The molecule has 1 rings (SSSR count). The Morgan fingerprint density at radius 3 is 2.41 bits per heavy atom. The van der Waals surface area contributed by atoms with Crippen molar-refractivity contribution in [2.75, 3.05) is 0 Å². The zero-order valence-corrected chi connectivity index (χ0v) is 9.50. The van der Waals surface area contributed by atoms with Gasteiger partial charge in [0.25, 0.3) is 0 Å². The minimum atomic E-state index is -0.572. The molecule has 0 saturated carbocycles. The minimum Gasteiger partial charge on any atom is -0.313 e. The van der Waals surface area contributed by atoms with Crippen molar-refractivity contribution in [2.24, 2.45) is 25.0 Å². The van der Waals surface area contributed by atoms with Gasteiger partial charge in [0, 0.05) is 6.21 Å². The number of unbranched alkanes of at least 4 members (excludes halogenated alkanes) is 2. The van der Waals surface area contributed by atoms with Gasteiger partial charge in [0.2, 0.25) is 18.2 Å². The Morgan fingerprint density at radius 1 is 1.24 bits per heavy atom. The lowest BCUT2D eigenvalue weighted by atomic mass is 10.3. The third-order valence-electron chi connectivity index (χ3n) is 1.92. The summed E-state index contributed by atoms with van der Waals surface area (Å²) in [7, 11) is 0. The van der Waals surface area contributed by atoms with Gasteiger partial charge in [-0.1, -0.05) is 0 Å². The fourth-order valence-electron chi connectivity index (χ4n) is 1.12. The Morgan fingerprint density at radius 2 is 1.88 bits per heavy atom. The average Bonchev–Trinajstić information content (AvgIpc) is 2.38. The lowest BCUT2D eigenvalue weighted by Gasteiger charge is -2.12. The van der Waals surface area contributed by atoms with E-state index in [0.29, 0.717) is 11.9 Å². The number of nitrogens with zero attached hydrogens (tertiary/aromatic N) is 5. The molecular formula is C10H15N7. The highest BCUT2D eigenvalue weighted by Gasteiger charge is 2.12. The number of hydrogen-bond donors (Lipinski definition) is 2. The molecule has 0 bridgehead atoms. The summed E-state index contributed by atoms with van der Waals surface area (Å²) in [4.78, 5) is 19.7. The smallest absolute Gasteiger partial charge is 0.240 e. The Kier molecular flexibility index (Phi) is 5.42. The molecule has 0 aliphatic carbocycles. The van der Waals surface area contributed by atoms with E-state index in [4.69, 9.17) is 5.41 Å². The second kappa shape index (κ2) is 7.15. The van der Waals surface area contributed by atoms with E-state index in [1.807, 2.05) is 0 Å². The number of rotatable bonds is 5. The highest BCUT2D eigenvalue weighted by molar-refractivity contribution is 6.03. The Labute approximate surface area is 99.7 Å². The standard InChI is InChI=1S/C10H15N7/c1-12-8-15-9(13-2)17-10(16-8)14-7-5-3-4-6-11/h6-7,10-11H,1-5H2,(H,15,16,17). The van der Waals surface area contributed by atoms with Crippen LogP contribution in [0.3, 0.4) is 0 Å². The van der Waals surface area contributed by atoms with E-state index in [1.165, 1.54) is 6.21 Å². The first-order chi connectivity index (χ1) is 8.30. The molecule has 17 heavy (non-hydrogen) atoms. The minimum absolute atomic E-state index is 0.337. The molecule has 0 amide bonds. The van der Waals surface area contributed by atoms with Gasteiger partial charge < -0.3 is 5.41 Å². The second-order valence-corrected chi connectivity index (χ2v) is 3.16. The summed E-state index contributed by atoms with van der Waals surface area (Å²) in [5.41, 5.74) is 0. The van der Waals surface area contributed by atoms with Gasteiger partial charge in [-0.2, -0.15) is 0 Å². The van der Waals surface area contributed by atoms with Crippen LogP contribution in [0.4, 0.5) is 0 Å². The maximum Gasteiger partial charge on any atom is 0.240 e. The van der Waals surface area contributed by atoms with Gasteiger partial charge in [0.15, 0.2) is 0 Å². The molecule has 0 fully saturated rings. The number of aliphatic imine (C=N–C) groups is 5. The normalized spacial score (nSPS) is 16.0. The predicted octanol–water partition coefficient (Wildman–Crippen LogP) is 0.877. The van der Waals surface area contributed by atoms with Crippen LogP contribution in [0.15, 0.2) is 25.0 Å². The lowest BCUT2D eigenvalue weighted by Crippen LogP contribution is -2.33. The molecule has 7 nitrogen and oxygen atoms in total. The van der Waals surface area contributed by atoms with Crippen LogP contribution in [-0.4, -0.2) is 44.1 Å². The maximum absolute atomic E-state index is 6.88. The van der Waals surface area contributed by atoms with Gasteiger partial charge >= 0.3 is 0 Å². The zero-order chi connectivity index (χ0) is 12.5. The van der Waals surface area contributed by atoms with Crippen molar-refractivity contribution in [3.8, 4) is 0 Å². The van der Waals surface area contributed by atoms with E-state index in [0.717, 1.165) is 19.3 Å². The summed E-state index contributed by atoms with van der Waals surface area (Å²) in [6, 6.07) is 0. The van der Waals surface area contributed by atoms with Gasteiger partial charge in [-0.25, -0.2) is 25.0 Å². The van der Waals surface area contributed by atoms with Gasteiger partial charge in [-0.05, 0) is 38.9 Å². The molecule has 90 valence electrons. The Balaban J connectivity index is 2.55. The van der Waals surface area contributed by atoms with Crippen molar-refractivity contribution in [3.63, 3.8) is 0 Å². The van der Waals surface area contributed by atoms with Crippen LogP contribution in [0.25, 0.3) is 0 Å². The summed E-state index contributed by atoms with van der Waals surface area (Å²) in [5, 5.41) is 9.61. The highest BCUT2D eigenvalue weighted by Crippen LogP contribution is 2.03. The van der Waals surface area contributed by atoms with Crippen LogP contribution in [0, 0.1) is 5.41 Å².